The lowest BCUT2D eigenvalue weighted by Crippen LogP contribution is -2.36. The van der Waals surface area contributed by atoms with Crippen LogP contribution in [0, 0.1) is 0 Å². The van der Waals surface area contributed by atoms with Crippen LogP contribution in [0.5, 0.6) is 0 Å². The molecular formula is C14H15Cl2N3S. The van der Waals surface area contributed by atoms with Crippen molar-refractivity contribution >= 4 is 40.5 Å². The normalized spacial score (nSPS) is 11.4. The van der Waals surface area contributed by atoms with E-state index in [1.54, 1.807) is 24.5 Å². The molecular weight excluding hydrogens is 313 g/mol. The molecule has 0 aliphatic rings. The van der Waals surface area contributed by atoms with E-state index in [0.29, 0.717) is 16.6 Å². The minimum atomic E-state index is 0.597. The molecule has 6 heteroatoms. The van der Waals surface area contributed by atoms with E-state index in [4.69, 9.17) is 23.2 Å². The molecule has 1 aromatic heterocycles. The molecule has 1 heterocycles. The van der Waals surface area contributed by atoms with Crippen molar-refractivity contribution in [1.82, 2.24) is 10.6 Å². The predicted octanol–water partition coefficient (Wildman–Crippen LogP) is 3.92. The highest BCUT2D eigenvalue weighted by Gasteiger charge is 2.03. The lowest BCUT2D eigenvalue weighted by atomic mass is 10.2. The molecule has 0 saturated carbocycles. The third-order valence-electron chi connectivity index (χ3n) is 2.70. The number of halogens is 2. The van der Waals surface area contributed by atoms with Gasteiger partial charge in [-0.05, 0) is 29.1 Å². The molecule has 0 atom stereocenters. The number of hydrogen-bond acceptors (Lipinski definition) is 2. The quantitative estimate of drug-likeness (QED) is 0.659. The summed E-state index contributed by atoms with van der Waals surface area (Å²) in [5.74, 6) is 0.740. The monoisotopic (exact) mass is 327 g/mol. The third-order valence-corrected chi connectivity index (χ3v) is 4.16. The van der Waals surface area contributed by atoms with Gasteiger partial charge in [0, 0.05) is 28.5 Å². The van der Waals surface area contributed by atoms with E-state index in [9.17, 15) is 0 Å². The third kappa shape index (κ3) is 4.40. The zero-order valence-electron chi connectivity index (χ0n) is 11.0. The second kappa shape index (κ2) is 7.53. The van der Waals surface area contributed by atoms with Crippen LogP contribution in [-0.4, -0.2) is 13.0 Å². The maximum atomic E-state index is 6.13. The number of hydrogen-bond donors (Lipinski definition) is 2. The first kappa shape index (κ1) is 15.2. The zero-order valence-corrected chi connectivity index (χ0v) is 13.3. The molecule has 0 saturated heterocycles. The Morgan fingerprint density at radius 1 is 1.20 bits per heavy atom. The average Bonchev–Trinajstić information content (AvgIpc) is 2.94. The highest BCUT2D eigenvalue weighted by atomic mass is 35.5. The van der Waals surface area contributed by atoms with Gasteiger partial charge in [-0.15, -0.1) is 11.3 Å². The SMILES string of the molecule is CN=C(NCc1cccs1)NCc1ccc(Cl)cc1Cl. The maximum Gasteiger partial charge on any atom is 0.191 e. The zero-order chi connectivity index (χ0) is 14.4. The summed E-state index contributed by atoms with van der Waals surface area (Å²) in [7, 11) is 1.74. The van der Waals surface area contributed by atoms with Gasteiger partial charge >= 0.3 is 0 Å². The Morgan fingerprint density at radius 3 is 2.65 bits per heavy atom. The number of nitrogens with zero attached hydrogens (tertiary/aromatic N) is 1. The van der Waals surface area contributed by atoms with Crippen molar-refractivity contribution in [2.45, 2.75) is 13.1 Å². The van der Waals surface area contributed by atoms with Crippen LogP contribution in [0.4, 0.5) is 0 Å². The number of thiophene rings is 1. The first-order chi connectivity index (χ1) is 9.69. The largest absolute Gasteiger partial charge is 0.352 e. The summed E-state index contributed by atoms with van der Waals surface area (Å²) in [6.07, 6.45) is 0. The lowest BCUT2D eigenvalue weighted by Gasteiger charge is -2.12. The molecule has 0 unspecified atom stereocenters. The summed E-state index contributed by atoms with van der Waals surface area (Å²) in [5.41, 5.74) is 0.982. The Kier molecular flexibility index (Phi) is 5.71. The Hall–Kier alpha value is -1.23. The van der Waals surface area contributed by atoms with Gasteiger partial charge in [-0.3, -0.25) is 4.99 Å². The van der Waals surface area contributed by atoms with Crippen molar-refractivity contribution in [2.24, 2.45) is 4.99 Å². The van der Waals surface area contributed by atoms with E-state index in [1.165, 1.54) is 4.88 Å². The first-order valence-electron chi connectivity index (χ1n) is 6.10. The van der Waals surface area contributed by atoms with Crippen LogP contribution < -0.4 is 10.6 Å². The van der Waals surface area contributed by atoms with Gasteiger partial charge in [-0.2, -0.15) is 0 Å². The lowest BCUT2D eigenvalue weighted by molar-refractivity contribution is 0.816. The van der Waals surface area contributed by atoms with E-state index >= 15 is 0 Å². The summed E-state index contributed by atoms with van der Waals surface area (Å²) in [5, 5.41) is 9.82. The highest BCUT2D eigenvalue weighted by molar-refractivity contribution is 7.09. The summed E-state index contributed by atoms with van der Waals surface area (Å²) >= 11 is 13.7. The molecule has 3 nitrogen and oxygen atoms in total. The average molecular weight is 328 g/mol. The van der Waals surface area contributed by atoms with Crippen LogP contribution in [0.2, 0.25) is 10.0 Å². The van der Waals surface area contributed by atoms with E-state index < -0.39 is 0 Å². The molecule has 0 bridgehead atoms. The standard InChI is InChI=1S/C14H15Cl2N3S/c1-17-14(19-9-12-3-2-6-20-12)18-8-10-4-5-11(15)7-13(10)16/h2-7H,8-9H2,1H3,(H2,17,18,19). The summed E-state index contributed by atoms with van der Waals surface area (Å²) in [6.45, 7) is 1.35. The first-order valence-corrected chi connectivity index (χ1v) is 7.73. The number of aliphatic imine (C=N–C) groups is 1. The van der Waals surface area contributed by atoms with Gasteiger partial charge in [0.05, 0.1) is 6.54 Å². The molecule has 0 amide bonds. The Bertz CT molecular complexity index is 582. The van der Waals surface area contributed by atoms with Crippen molar-refractivity contribution in [1.29, 1.82) is 0 Å². The fraction of sp³-hybridized carbons (Fsp3) is 0.214. The Balaban J connectivity index is 1.87. The predicted molar refractivity (Wildman–Crippen MR) is 87.8 cm³/mol. The molecule has 106 valence electrons. The van der Waals surface area contributed by atoms with Crippen LogP contribution in [0.3, 0.4) is 0 Å². The van der Waals surface area contributed by atoms with Gasteiger partial charge in [0.15, 0.2) is 5.96 Å². The number of nitrogens with one attached hydrogen (secondary N) is 2. The van der Waals surface area contributed by atoms with Crippen LogP contribution >= 0.6 is 34.5 Å². The van der Waals surface area contributed by atoms with Crippen molar-refractivity contribution in [2.75, 3.05) is 7.05 Å². The molecule has 2 N–H and O–H groups in total. The van der Waals surface area contributed by atoms with E-state index in [1.807, 2.05) is 18.2 Å². The van der Waals surface area contributed by atoms with Gasteiger partial charge in [0.2, 0.25) is 0 Å². The molecule has 2 aromatic rings. The van der Waals surface area contributed by atoms with Gasteiger partial charge in [-0.25, -0.2) is 0 Å². The topological polar surface area (TPSA) is 36.4 Å². The number of benzene rings is 1. The molecule has 1 aromatic carbocycles. The summed E-state index contributed by atoms with van der Waals surface area (Å²) in [6, 6.07) is 9.59. The van der Waals surface area contributed by atoms with Gasteiger partial charge < -0.3 is 10.6 Å². The Morgan fingerprint density at radius 2 is 2.00 bits per heavy atom. The van der Waals surface area contributed by atoms with Crippen molar-refractivity contribution < 1.29 is 0 Å². The maximum absolute atomic E-state index is 6.13. The molecule has 0 aliphatic carbocycles. The molecule has 0 fully saturated rings. The molecule has 0 aliphatic heterocycles. The van der Waals surface area contributed by atoms with Crippen LogP contribution in [0.15, 0.2) is 40.7 Å². The van der Waals surface area contributed by atoms with Crippen molar-refractivity contribution in [3.8, 4) is 0 Å². The second-order valence-electron chi connectivity index (χ2n) is 4.09. The molecule has 0 spiro atoms. The van der Waals surface area contributed by atoms with Gasteiger partial charge in [0.25, 0.3) is 0 Å². The fourth-order valence-corrected chi connectivity index (χ4v) is 2.77. The highest BCUT2D eigenvalue weighted by Crippen LogP contribution is 2.20. The fourth-order valence-electron chi connectivity index (χ4n) is 1.65. The van der Waals surface area contributed by atoms with E-state index in [-0.39, 0.29) is 0 Å². The van der Waals surface area contributed by atoms with Crippen LogP contribution in [-0.2, 0) is 13.1 Å². The Labute approximate surface area is 132 Å². The van der Waals surface area contributed by atoms with Gasteiger partial charge in [0.1, 0.15) is 0 Å². The van der Waals surface area contributed by atoms with E-state index in [2.05, 4.69) is 27.1 Å². The van der Waals surface area contributed by atoms with Crippen LogP contribution in [0.1, 0.15) is 10.4 Å². The molecule has 2 rings (SSSR count). The second-order valence-corrected chi connectivity index (χ2v) is 5.97. The molecule has 20 heavy (non-hydrogen) atoms. The molecule has 0 radical (unpaired) electrons. The number of guanidine groups is 1. The van der Waals surface area contributed by atoms with Gasteiger partial charge in [-0.1, -0.05) is 35.3 Å². The van der Waals surface area contributed by atoms with E-state index in [0.717, 1.165) is 18.1 Å². The minimum absolute atomic E-state index is 0.597. The van der Waals surface area contributed by atoms with Crippen LogP contribution in [0.25, 0.3) is 0 Å². The van der Waals surface area contributed by atoms with Crippen molar-refractivity contribution in [3.05, 3.63) is 56.2 Å². The number of rotatable bonds is 4. The van der Waals surface area contributed by atoms with Crippen molar-refractivity contribution in [3.63, 3.8) is 0 Å². The minimum Gasteiger partial charge on any atom is -0.352 e. The summed E-state index contributed by atoms with van der Waals surface area (Å²) in [4.78, 5) is 5.44. The smallest absolute Gasteiger partial charge is 0.191 e. The summed E-state index contributed by atoms with van der Waals surface area (Å²) < 4.78 is 0.